The van der Waals surface area contributed by atoms with Crippen LogP contribution in [0.2, 0.25) is 5.02 Å². The summed E-state index contributed by atoms with van der Waals surface area (Å²) in [6, 6.07) is 3.53. The van der Waals surface area contributed by atoms with E-state index in [4.69, 9.17) is 17.3 Å². The van der Waals surface area contributed by atoms with Crippen LogP contribution in [0, 0.1) is 0 Å². The highest BCUT2D eigenvalue weighted by atomic mass is 35.5. The van der Waals surface area contributed by atoms with E-state index in [1.807, 2.05) is 0 Å². The number of benzene rings is 1. The number of nitrogens with two attached hydrogens (primary N) is 1. The first-order valence-electron chi connectivity index (χ1n) is 9.18. The molecular formula is C19H17ClF3N3O3S. The van der Waals surface area contributed by atoms with Gasteiger partial charge in [0.2, 0.25) is 0 Å². The lowest BCUT2D eigenvalue weighted by molar-refractivity contribution is -0.137. The van der Waals surface area contributed by atoms with Crippen molar-refractivity contribution in [2.75, 3.05) is 5.06 Å². The van der Waals surface area contributed by atoms with Gasteiger partial charge in [0.1, 0.15) is 0 Å². The van der Waals surface area contributed by atoms with Gasteiger partial charge in [-0.15, -0.1) is 11.3 Å². The molecule has 1 aromatic carbocycles. The molecule has 2 aliphatic rings. The third-order valence-electron chi connectivity index (χ3n) is 5.52. The van der Waals surface area contributed by atoms with Crippen molar-refractivity contribution in [1.29, 1.82) is 0 Å². The van der Waals surface area contributed by atoms with Gasteiger partial charge in [0, 0.05) is 17.3 Å². The minimum absolute atomic E-state index is 0.0359. The van der Waals surface area contributed by atoms with Gasteiger partial charge in [0.25, 0.3) is 5.91 Å². The SMILES string of the molecule is NC(=O)N1C2CCCC1c1cc(C(=O)N(O)c3ccc(Cl)c(C(F)(F)F)c3)sc1C2. The van der Waals surface area contributed by atoms with E-state index in [1.165, 1.54) is 11.3 Å². The number of rotatable bonds is 2. The lowest BCUT2D eigenvalue weighted by atomic mass is 9.84. The summed E-state index contributed by atoms with van der Waals surface area (Å²) < 4.78 is 39.3. The molecule has 11 heteroatoms. The predicted octanol–water partition coefficient (Wildman–Crippen LogP) is 4.99. The molecule has 0 aliphatic carbocycles. The zero-order valence-corrected chi connectivity index (χ0v) is 17.0. The Kier molecular flexibility index (Phi) is 5.19. The summed E-state index contributed by atoms with van der Waals surface area (Å²) in [4.78, 5) is 27.4. The van der Waals surface area contributed by atoms with E-state index in [1.54, 1.807) is 11.0 Å². The number of halogens is 4. The number of primary amides is 1. The van der Waals surface area contributed by atoms with Crippen molar-refractivity contribution in [3.8, 4) is 0 Å². The molecule has 0 saturated carbocycles. The number of nitrogens with zero attached hydrogens (tertiary/aromatic N) is 2. The van der Waals surface area contributed by atoms with Crippen LogP contribution in [0.4, 0.5) is 23.7 Å². The Morgan fingerprint density at radius 3 is 2.67 bits per heavy atom. The van der Waals surface area contributed by atoms with Crippen molar-refractivity contribution < 1.29 is 28.0 Å². The molecule has 2 aromatic rings. The van der Waals surface area contributed by atoms with E-state index in [9.17, 15) is 28.0 Å². The number of hydroxylamine groups is 1. The van der Waals surface area contributed by atoms with Crippen molar-refractivity contribution >= 4 is 40.6 Å². The summed E-state index contributed by atoms with van der Waals surface area (Å²) in [6.07, 6.45) is -1.72. The van der Waals surface area contributed by atoms with Gasteiger partial charge < -0.3 is 10.6 Å². The van der Waals surface area contributed by atoms with Gasteiger partial charge in [-0.25, -0.2) is 4.79 Å². The number of fused-ring (bicyclic) bond motifs is 4. The Labute approximate surface area is 178 Å². The fraction of sp³-hybridized carbons (Fsp3) is 0.368. The summed E-state index contributed by atoms with van der Waals surface area (Å²) in [6.45, 7) is 0. The molecule has 6 nitrogen and oxygen atoms in total. The number of thiophene rings is 1. The second kappa shape index (κ2) is 7.44. The smallest absolute Gasteiger partial charge is 0.351 e. The maximum atomic E-state index is 13.1. The van der Waals surface area contributed by atoms with Crippen molar-refractivity contribution in [1.82, 2.24) is 4.90 Å². The van der Waals surface area contributed by atoms with Gasteiger partial charge in [-0.05, 0) is 49.1 Å². The van der Waals surface area contributed by atoms with Crippen LogP contribution in [0.1, 0.15) is 51.0 Å². The second-order valence-electron chi connectivity index (χ2n) is 7.32. The third-order valence-corrected chi connectivity index (χ3v) is 7.01. The Balaban J connectivity index is 1.65. The van der Waals surface area contributed by atoms with Crippen molar-refractivity contribution in [3.05, 3.63) is 50.2 Å². The average Bonchev–Trinajstić information content (AvgIpc) is 3.09. The van der Waals surface area contributed by atoms with Gasteiger partial charge in [-0.3, -0.25) is 10.0 Å². The van der Waals surface area contributed by atoms with Crippen LogP contribution in [-0.4, -0.2) is 28.1 Å². The number of piperidine rings is 1. The second-order valence-corrected chi connectivity index (χ2v) is 8.86. The molecule has 160 valence electrons. The number of urea groups is 1. The fourth-order valence-corrected chi connectivity index (χ4v) is 5.64. The lowest BCUT2D eigenvalue weighted by Crippen LogP contribution is -2.51. The molecule has 2 unspecified atom stereocenters. The van der Waals surface area contributed by atoms with Gasteiger partial charge in [0.05, 0.1) is 27.2 Å². The highest BCUT2D eigenvalue weighted by Crippen LogP contribution is 2.45. The summed E-state index contributed by atoms with van der Waals surface area (Å²) >= 11 is 6.77. The molecular weight excluding hydrogens is 443 g/mol. The molecule has 1 fully saturated rings. The Hall–Kier alpha value is -2.30. The monoisotopic (exact) mass is 459 g/mol. The van der Waals surface area contributed by atoms with E-state index < -0.39 is 28.7 Å². The zero-order valence-electron chi connectivity index (χ0n) is 15.4. The minimum atomic E-state index is -4.73. The first-order valence-corrected chi connectivity index (χ1v) is 10.4. The number of amides is 3. The van der Waals surface area contributed by atoms with Gasteiger partial charge in [-0.1, -0.05) is 11.6 Å². The van der Waals surface area contributed by atoms with Crippen LogP contribution in [0.3, 0.4) is 0 Å². The molecule has 0 spiro atoms. The summed E-state index contributed by atoms with van der Waals surface area (Å²) in [5, 5.41) is 9.96. The predicted molar refractivity (Wildman–Crippen MR) is 105 cm³/mol. The van der Waals surface area contributed by atoms with Crippen molar-refractivity contribution in [3.63, 3.8) is 0 Å². The van der Waals surface area contributed by atoms with Crippen LogP contribution in [0.25, 0.3) is 0 Å². The van der Waals surface area contributed by atoms with Crippen LogP contribution in [-0.2, 0) is 12.6 Å². The molecule has 2 bridgehead atoms. The molecule has 2 aliphatic heterocycles. The minimum Gasteiger partial charge on any atom is -0.351 e. The molecule has 2 atom stereocenters. The number of carbonyl (C=O) groups excluding carboxylic acids is 2. The standard InChI is InChI=1S/C19H17ClF3N3O3S/c20-13-5-4-10(6-12(13)19(21,22)23)26(29)17(27)16-8-11-14-3-1-2-9(7-15(11)30-16)25(14)18(24)28/h4-6,8-9,14,29H,1-3,7H2,(H2,24,28). The number of anilines is 1. The van der Waals surface area contributed by atoms with Gasteiger partial charge >= 0.3 is 12.2 Å². The topological polar surface area (TPSA) is 86.9 Å². The highest BCUT2D eigenvalue weighted by Gasteiger charge is 2.41. The lowest BCUT2D eigenvalue weighted by Gasteiger charge is -2.45. The third kappa shape index (κ3) is 3.52. The number of hydrogen-bond donors (Lipinski definition) is 2. The number of alkyl halides is 3. The van der Waals surface area contributed by atoms with E-state index in [-0.39, 0.29) is 27.7 Å². The largest absolute Gasteiger partial charge is 0.417 e. The molecule has 3 amide bonds. The zero-order chi connectivity index (χ0) is 21.8. The molecule has 0 radical (unpaired) electrons. The molecule has 30 heavy (non-hydrogen) atoms. The van der Waals surface area contributed by atoms with E-state index in [0.29, 0.717) is 18.9 Å². The summed E-state index contributed by atoms with van der Waals surface area (Å²) in [5.41, 5.74) is 4.85. The molecule has 4 rings (SSSR count). The van der Waals surface area contributed by atoms with Crippen molar-refractivity contribution in [2.45, 2.75) is 43.9 Å². The van der Waals surface area contributed by atoms with E-state index in [2.05, 4.69) is 0 Å². The van der Waals surface area contributed by atoms with Crippen LogP contribution < -0.4 is 10.8 Å². The highest BCUT2D eigenvalue weighted by molar-refractivity contribution is 7.14. The molecule has 1 aromatic heterocycles. The van der Waals surface area contributed by atoms with Gasteiger partial charge in [0.15, 0.2) is 0 Å². The normalized spacial score (nSPS) is 20.6. The fourth-order valence-electron chi connectivity index (χ4n) is 4.21. The van der Waals surface area contributed by atoms with Crippen molar-refractivity contribution in [2.24, 2.45) is 5.73 Å². The number of hydrogen-bond acceptors (Lipinski definition) is 4. The maximum Gasteiger partial charge on any atom is 0.417 e. The van der Waals surface area contributed by atoms with E-state index >= 15 is 0 Å². The van der Waals surface area contributed by atoms with Crippen LogP contribution in [0.5, 0.6) is 0 Å². The molecule has 1 saturated heterocycles. The average molecular weight is 460 g/mol. The van der Waals surface area contributed by atoms with Gasteiger partial charge in [-0.2, -0.15) is 18.2 Å². The molecule has 3 N–H and O–H groups in total. The first kappa shape index (κ1) is 21.0. The Bertz CT molecular complexity index is 1030. The number of carbonyl (C=O) groups is 2. The Morgan fingerprint density at radius 1 is 1.27 bits per heavy atom. The maximum absolute atomic E-state index is 13.1. The molecule has 3 heterocycles. The van der Waals surface area contributed by atoms with Crippen LogP contribution >= 0.6 is 22.9 Å². The quantitative estimate of drug-likeness (QED) is 0.490. The first-order chi connectivity index (χ1) is 14.1. The van der Waals surface area contributed by atoms with Crippen LogP contribution in [0.15, 0.2) is 24.3 Å². The van der Waals surface area contributed by atoms with E-state index in [0.717, 1.165) is 35.4 Å². The summed E-state index contributed by atoms with van der Waals surface area (Å²) in [5.74, 6) is -0.856. The Morgan fingerprint density at radius 2 is 2.00 bits per heavy atom. The summed E-state index contributed by atoms with van der Waals surface area (Å²) in [7, 11) is 0.